The van der Waals surface area contributed by atoms with Crippen molar-refractivity contribution in [2.75, 3.05) is 13.2 Å². The summed E-state index contributed by atoms with van der Waals surface area (Å²) in [5.74, 6) is -0.665. The number of aliphatic carboxylic acids is 1. The topological polar surface area (TPSA) is 81.8 Å². The molecule has 0 unspecified atom stereocenters. The minimum absolute atomic E-state index is 0.0544. The van der Waals surface area contributed by atoms with Crippen molar-refractivity contribution in [1.29, 1.82) is 0 Å². The normalized spacial score (nSPS) is 13.7. The quantitative estimate of drug-likeness (QED) is 0.592. The highest BCUT2D eigenvalue weighted by atomic mass is 19.4. The molecule has 2 rings (SSSR count). The van der Waals surface area contributed by atoms with E-state index in [0.29, 0.717) is 12.2 Å². The first-order valence-electron chi connectivity index (χ1n) is 8.69. The van der Waals surface area contributed by atoms with E-state index >= 15 is 0 Å². The van der Waals surface area contributed by atoms with Crippen LogP contribution < -0.4 is 10.5 Å². The van der Waals surface area contributed by atoms with Crippen LogP contribution in [-0.2, 0) is 15.7 Å². The maximum Gasteiger partial charge on any atom is 0.416 e. The third kappa shape index (κ3) is 7.21. The van der Waals surface area contributed by atoms with Gasteiger partial charge >= 0.3 is 12.1 Å². The minimum atomic E-state index is -4.41. The van der Waals surface area contributed by atoms with Gasteiger partial charge < -0.3 is 20.3 Å². The van der Waals surface area contributed by atoms with Crippen molar-refractivity contribution < 1.29 is 32.5 Å². The molecule has 2 aromatic rings. The molecular formula is C20H22F3NO4. The second-order valence-corrected chi connectivity index (χ2v) is 6.25. The number of carboxylic acids is 1. The Morgan fingerprint density at radius 3 is 2.29 bits per heavy atom. The highest BCUT2D eigenvalue weighted by molar-refractivity contribution is 5.66. The number of ether oxygens (including phenoxy) is 2. The zero-order valence-electron chi connectivity index (χ0n) is 15.1. The summed E-state index contributed by atoms with van der Waals surface area (Å²) in [7, 11) is 0. The van der Waals surface area contributed by atoms with Crippen molar-refractivity contribution >= 4 is 5.97 Å². The van der Waals surface area contributed by atoms with E-state index in [0.717, 1.165) is 17.7 Å². The molecule has 0 saturated carbocycles. The smallest absolute Gasteiger partial charge is 0.416 e. The maximum atomic E-state index is 12.7. The summed E-state index contributed by atoms with van der Waals surface area (Å²) in [6.45, 7) is 0.200. The Kier molecular flexibility index (Phi) is 7.83. The summed E-state index contributed by atoms with van der Waals surface area (Å²) in [5, 5.41) is 8.61. The zero-order chi connectivity index (χ0) is 20.6. The molecule has 0 saturated heterocycles. The van der Waals surface area contributed by atoms with Gasteiger partial charge in [0, 0.05) is 12.5 Å². The fraction of sp³-hybridized carbons (Fsp3) is 0.350. The molecule has 2 aromatic carbocycles. The average molecular weight is 397 g/mol. The van der Waals surface area contributed by atoms with Crippen molar-refractivity contribution in [3.63, 3.8) is 0 Å². The Labute approximate surface area is 160 Å². The van der Waals surface area contributed by atoms with Crippen molar-refractivity contribution in [3.05, 3.63) is 65.7 Å². The van der Waals surface area contributed by atoms with Crippen LogP contribution in [0, 0.1) is 0 Å². The zero-order valence-corrected chi connectivity index (χ0v) is 15.1. The van der Waals surface area contributed by atoms with Crippen LogP contribution in [0.4, 0.5) is 13.2 Å². The van der Waals surface area contributed by atoms with Crippen LogP contribution in [-0.4, -0.2) is 30.3 Å². The minimum Gasteiger partial charge on any atom is -0.486 e. The number of carbonyl (C=O) groups is 1. The molecule has 152 valence electrons. The molecule has 0 aliphatic heterocycles. The van der Waals surface area contributed by atoms with Gasteiger partial charge in [-0.2, -0.15) is 13.2 Å². The van der Waals surface area contributed by atoms with E-state index < -0.39 is 29.9 Å². The number of hydrogen-bond acceptors (Lipinski definition) is 4. The largest absolute Gasteiger partial charge is 0.486 e. The maximum absolute atomic E-state index is 12.7. The van der Waals surface area contributed by atoms with Crippen molar-refractivity contribution in [2.45, 2.75) is 31.2 Å². The summed E-state index contributed by atoms with van der Waals surface area (Å²) >= 11 is 0. The van der Waals surface area contributed by atoms with Gasteiger partial charge in [0.2, 0.25) is 0 Å². The van der Waals surface area contributed by atoms with Gasteiger partial charge in [0.15, 0.2) is 0 Å². The molecule has 0 bridgehead atoms. The van der Waals surface area contributed by atoms with Gasteiger partial charge in [-0.05, 0) is 29.8 Å². The molecule has 0 spiro atoms. The Morgan fingerprint density at radius 2 is 1.71 bits per heavy atom. The molecule has 0 aromatic heterocycles. The summed E-state index contributed by atoms with van der Waals surface area (Å²) in [6, 6.07) is 13.2. The van der Waals surface area contributed by atoms with Crippen LogP contribution in [0.25, 0.3) is 0 Å². The molecule has 0 fully saturated rings. The number of carboxylic acid groups (broad SMARTS) is 1. The molecule has 0 aliphatic carbocycles. The van der Waals surface area contributed by atoms with Gasteiger partial charge in [0.1, 0.15) is 11.9 Å². The predicted molar refractivity (Wildman–Crippen MR) is 96.9 cm³/mol. The van der Waals surface area contributed by atoms with Gasteiger partial charge in [-0.3, -0.25) is 4.79 Å². The van der Waals surface area contributed by atoms with E-state index in [-0.39, 0.29) is 19.6 Å². The van der Waals surface area contributed by atoms with E-state index in [2.05, 4.69) is 0 Å². The number of rotatable bonds is 10. The summed E-state index contributed by atoms with van der Waals surface area (Å²) in [4.78, 5) is 10.5. The monoisotopic (exact) mass is 397 g/mol. The number of nitrogens with two attached hydrogens (primary N) is 1. The molecular weight excluding hydrogens is 375 g/mol. The molecule has 2 atom stereocenters. The van der Waals surface area contributed by atoms with E-state index in [9.17, 15) is 18.0 Å². The summed E-state index contributed by atoms with van der Waals surface area (Å²) in [6.07, 6.45) is -4.67. The summed E-state index contributed by atoms with van der Waals surface area (Å²) < 4.78 is 49.3. The third-order valence-electron chi connectivity index (χ3n) is 3.94. The van der Waals surface area contributed by atoms with Gasteiger partial charge in [-0.15, -0.1) is 0 Å². The lowest BCUT2D eigenvalue weighted by molar-refractivity contribution is -0.138. The molecule has 3 N–H and O–H groups in total. The first-order valence-corrected chi connectivity index (χ1v) is 8.69. The van der Waals surface area contributed by atoms with Crippen LogP contribution in [0.2, 0.25) is 0 Å². The number of hydrogen-bond donors (Lipinski definition) is 2. The lowest BCUT2D eigenvalue weighted by atomic mass is 10.0. The van der Waals surface area contributed by atoms with Crippen LogP contribution in [0.1, 0.15) is 30.1 Å². The first-order chi connectivity index (χ1) is 13.3. The molecule has 5 nitrogen and oxygen atoms in total. The Balaban J connectivity index is 2.03. The van der Waals surface area contributed by atoms with Crippen molar-refractivity contribution in [1.82, 2.24) is 0 Å². The van der Waals surface area contributed by atoms with Crippen LogP contribution in [0.3, 0.4) is 0 Å². The van der Waals surface area contributed by atoms with E-state index in [1.54, 1.807) is 0 Å². The first kappa shape index (κ1) is 21.7. The molecule has 8 heteroatoms. The highest BCUT2D eigenvalue weighted by Crippen LogP contribution is 2.32. The van der Waals surface area contributed by atoms with Crippen LogP contribution in [0.15, 0.2) is 54.6 Å². The Morgan fingerprint density at radius 1 is 1.07 bits per heavy atom. The molecule has 0 aliphatic rings. The number of benzene rings is 2. The Bertz CT molecular complexity index is 735. The van der Waals surface area contributed by atoms with Gasteiger partial charge in [0.25, 0.3) is 0 Å². The summed E-state index contributed by atoms with van der Waals surface area (Å²) in [5.41, 5.74) is 6.13. The fourth-order valence-electron chi connectivity index (χ4n) is 2.54. The lowest BCUT2D eigenvalue weighted by Gasteiger charge is -2.23. The average Bonchev–Trinajstić information content (AvgIpc) is 2.65. The number of alkyl halides is 3. The third-order valence-corrected chi connectivity index (χ3v) is 3.94. The Hall–Kier alpha value is -2.58. The van der Waals surface area contributed by atoms with Crippen molar-refractivity contribution in [3.8, 4) is 5.75 Å². The van der Waals surface area contributed by atoms with Gasteiger partial charge in [-0.1, -0.05) is 30.3 Å². The van der Waals surface area contributed by atoms with E-state index in [1.807, 2.05) is 30.3 Å². The van der Waals surface area contributed by atoms with Gasteiger partial charge in [-0.25, -0.2) is 0 Å². The standard InChI is InChI=1S/C20H22F3NO4/c21-20(22,23)15-6-8-17(9-7-15)28-18(14-4-2-1-3-5-14)12-16(24)13-27-11-10-19(25)26/h1-9,16,18H,10-13,24H2,(H,25,26)/t16-,18-/m0/s1. The molecule has 0 amide bonds. The van der Waals surface area contributed by atoms with E-state index in [1.165, 1.54) is 12.1 Å². The molecule has 28 heavy (non-hydrogen) atoms. The van der Waals surface area contributed by atoms with E-state index in [4.69, 9.17) is 20.3 Å². The molecule has 0 radical (unpaired) electrons. The second kappa shape index (κ2) is 10.1. The molecule has 0 heterocycles. The fourth-order valence-corrected chi connectivity index (χ4v) is 2.54. The van der Waals surface area contributed by atoms with Crippen molar-refractivity contribution in [2.24, 2.45) is 5.73 Å². The van der Waals surface area contributed by atoms with Crippen LogP contribution in [0.5, 0.6) is 5.75 Å². The highest BCUT2D eigenvalue weighted by Gasteiger charge is 2.30. The predicted octanol–water partition coefficient (Wildman–Crippen LogP) is 4.03. The lowest BCUT2D eigenvalue weighted by Crippen LogP contribution is -2.30. The van der Waals surface area contributed by atoms with Gasteiger partial charge in [0.05, 0.1) is 25.2 Å². The second-order valence-electron chi connectivity index (χ2n) is 6.25. The van der Waals surface area contributed by atoms with Crippen LogP contribution >= 0.6 is 0 Å². The number of halogens is 3. The SMILES string of the molecule is N[C@H](COCCC(=O)O)C[C@H](Oc1ccc(C(F)(F)F)cc1)c1ccccc1.